The average molecular weight is 244 g/mol. The first kappa shape index (κ1) is 12.6. The number of benzene rings is 1. The molecule has 0 saturated carbocycles. The second-order valence-electron chi connectivity index (χ2n) is 3.68. The summed E-state index contributed by atoms with van der Waals surface area (Å²) in [5.74, 6) is 0.216. The van der Waals surface area contributed by atoms with Crippen molar-refractivity contribution in [2.24, 2.45) is 0 Å². The molecule has 1 fully saturated rings. The van der Waals surface area contributed by atoms with E-state index in [0.29, 0.717) is 13.0 Å². The number of hydrogen-bond donors (Lipinski definition) is 2. The summed E-state index contributed by atoms with van der Waals surface area (Å²) in [5, 5.41) is 12.4. The normalized spacial score (nSPS) is 19.3. The first-order valence-electron chi connectivity index (χ1n) is 4.89. The van der Waals surface area contributed by atoms with Gasteiger partial charge in [0.15, 0.2) is 0 Å². The maximum atomic E-state index is 11.0. The summed E-state index contributed by atoms with van der Waals surface area (Å²) in [5.41, 5.74) is 1.81. The van der Waals surface area contributed by atoms with Crippen LogP contribution in [0.15, 0.2) is 18.2 Å². The van der Waals surface area contributed by atoms with Crippen LogP contribution < -0.4 is 5.32 Å². The molecule has 1 saturated heterocycles. The number of cyclic esters (lactones) is 1. The van der Waals surface area contributed by atoms with Crippen LogP contribution in [0.25, 0.3) is 0 Å². The van der Waals surface area contributed by atoms with Crippen LogP contribution in [0.5, 0.6) is 5.75 Å². The number of alkyl carbamates (subject to hydrolysis) is 1. The Morgan fingerprint density at radius 1 is 1.50 bits per heavy atom. The Morgan fingerprint density at radius 2 is 2.25 bits per heavy atom. The molecule has 0 radical (unpaired) electrons. The van der Waals surface area contributed by atoms with Crippen LogP contribution in [0.4, 0.5) is 4.79 Å². The van der Waals surface area contributed by atoms with Crippen molar-refractivity contribution >= 4 is 18.5 Å². The Bertz CT molecular complexity index is 395. The number of halogens is 1. The minimum Gasteiger partial charge on any atom is -0.508 e. The van der Waals surface area contributed by atoms with Crippen LogP contribution in [0.1, 0.15) is 23.6 Å². The maximum Gasteiger partial charge on any atom is 0.407 e. The molecule has 0 bridgehead atoms. The van der Waals surface area contributed by atoms with Crippen LogP contribution in [0.3, 0.4) is 0 Å². The molecule has 0 aromatic heterocycles. The van der Waals surface area contributed by atoms with Crippen molar-refractivity contribution in [1.29, 1.82) is 0 Å². The van der Waals surface area contributed by atoms with E-state index in [1.807, 2.05) is 19.1 Å². The van der Waals surface area contributed by atoms with Crippen LogP contribution >= 0.6 is 12.4 Å². The lowest BCUT2D eigenvalue weighted by Crippen LogP contribution is -2.35. The number of nitrogens with one attached hydrogen (secondary N) is 1. The summed E-state index contributed by atoms with van der Waals surface area (Å²) >= 11 is 0. The van der Waals surface area contributed by atoms with Gasteiger partial charge >= 0.3 is 6.09 Å². The first-order chi connectivity index (χ1) is 7.16. The molecule has 0 spiro atoms. The van der Waals surface area contributed by atoms with Gasteiger partial charge in [0.05, 0.1) is 12.6 Å². The highest BCUT2D eigenvalue weighted by molar-refractivity contribution is 5.85. The molecule has 1 aromatic rings. The molecule has 1 aliphatic rings. The largest absolute Gasteiger partial charge is 0.508 e. The second kappa shape index (κ2) is 5.07. The van der Waals surface area contributed by atoms with Crippen molar-refractivity contribution < 1.29 is 14.6 Å². The van der Waals surface area contributed by atoms with Gasteiger partial charge in [-0.15, -0.1) is 12.4 Å². The van der Waals surface area contributed by atoms with E-state index in [1.54, 1.807) is 6.07 Å². The fraction of sp³-hybridized carbons (Fsp3) is 0.364. The fourth-order valence-electron chi connectivity index (χ4n) is 1.71. The molecule has 2 N–H and O–H groups in total. The van der Waals surface area contributed by atoms with E-state index in [-0.39, 0.29) is 24.2 Å². The Hall–Kier alpha value is -1.42. The van der Waals surface area contributed by atoms with Crippen LogP contribution in [0, 0.1) is 6.92 Å². The number of aromatic hydroxyl groups is 1. The Labute approximate surface area is 100 Å². The Balaban J connectivity index is 0.00000128. The number of phenolic OH excluding ortho intramolecular Hbond substituents is 1. The first-order valence-corrected chi connectivity index (χ1v) is 4.89. The summed E-state index contributed by atoms with van der Waals surface area (Å²) in [4.78, 5) is 11.0. The lowest BCUT2D eigenvalue weighted by atomic mass is 10.0. The van der Waals surface area contributed by atoms with E-state index >= 15 is 0 Å². The zero-order valence-electron chi connectivity index (χ0n) is 8.90. The molecule has 2 rings (SSSR count). The van der Waals surface area contributed by atoms with E-state index in [9.17, 15) is 9.90 Å². The van der Waals surface area contributed by atoms with Crippen molar-refractivity contribution in [3.05, 3.63) is 29.3 Å². The zero-order valence-corrected chi connectivity index (χ0v) is 9.71. The van der Waals surface area contributed by atoms with Gasteiger partial charge in [0.1, 0.15) is 5.75 Å². The van der Waals surface area contributed by atoms with E-state index in [4.69, 9.17) is 4.74 Å². The molecule has 1 atom stereocenters. The van der Waals surface area contributed by atoms with Crippen molar-refractivity contribution in [3.8, 4) is 5.75 Å². The Kier molecular flexibility index (Phi) is 4.01. The van der Waals surface area contributed by atoms with Crippen LogP contribution in [0.2, 0.25) is 0 Å². The van der Waals surface area contributed by atoms with Gasteiger partial charge in [-0.3, -0.25) is 0 Å². The third kappa shape index (κ3) is 2.58. The van der Waals surface area contributed by atoms with Gasteiger partial charge in [0.25, 0.3) is 0 Å². The molecule has 1 aromatic carbocycles. The highest BCUT2D eigenvalue weighted by Gasteiger charge is 2.22. The second-order valence-corrected chi connectivity index (χ2v) is 3.68. The minimum atomic E-state index is -0.424. The van der Waals surface area contributed by atoms with E-state index in [2.05, 4.69) is 5.32 Å². The van der Waals surface area contributed by atoms with E-state index in [1.165, 1.54) is 0 Å². The zero-order chi connectivity index (χ0) is 10.8. The number of hydrogen-bond acceptors (Lipinski definition) is 3. The topological polar surface area (TPSA) is 58.6 Å². The molecular formula is C11H14ClNO3. The van der Waals surface area contributed by atoms with Crippen molar-refractivity contribution in [1.82, 2.24) is 5.32 Å². The average Bonchev–Trinajstić information content (AvgIpc) is 2.22. The molecule has 0 aliphatic carbocycles. The number of aryl methyl sites for hydroxylation is 1. The van der Waals surface area contributed by atoms with Gasteiger partial charge in [-0.05, 0) is 13.0 Å². The van der Waals surface area contributed by atoms with Crippen LogP contribution in [-0.4, -0.2) is 17.8 Å². The van der Waals surface area contributed by atoms with Gasteiger partial charge in [-0.25, -0.2) is 4.79 Å². The lowest BCUT2D eigenvalue weighted by Gasteiger charge is -2.24. The van der Waals surface area contributed by atoms with Gasteiger partial charge < -0.3 is 15.2 Å². The third-order valence-corrected chi connectivity index (χ3v) is 2.49. The summed E-state index contributed by atoms with van der Waals surface area (Å²) in [6.07, 6.45) is 0.259. The summed E-state index contributed by atoms with van der Waals surface area (Å²) in [7, 11) is 0. The number of phenols is 1. The molecule has 5 heteroatoms. The smallest absolute Gasteiger partial charge is 0.407 e. The molecule has 1 amide bonds. The predicted molar refractivity (Wildman–Crippen MR) is 61.9 cm³/mol. The summed E-state index contributed by atoms with van der Waals surface area (Å²) < 4.78 is 4.77. The minimum absolute atomic E-state index is 0. The van der Waals surface area contributed by atoms with E-state index < -0.39 is 6.09 Å². The van der Waals surface area contributed by atoms with Crippen LogP contribution in [-0.2, 0) is 4.74 Å². The van der Waals surface area contributed by atoms with Gasteiger partial charge in [0.2, 0.25) is 0 Å². The number of carbonyl (C=O) groups is 1. The third-order valence-electron chi connectivity index (χ3n) is 2.49. The number of rotatable bonds is 1. The maximum absolute atomic E-state index is 11.0. The van der Waals surface area contributed by atoms with Gasteiger partial charge in [-0.2, -0.15) is 0 Å². The van der Waals surface area contributed by atoms with E-state index in [0.717, 1.165) is 11.1 Å². The molecular weight excluding hydrogens is 230 g/mol. The van der Waals surface area contributed by atoms with Gasteiger partial charge in [0, 0.05) is 12.0 Å². The highest BCUT2D eigenvalue weighted by Crippen LogP contribution is 2.28. The molecule has 88 valence electrons. The van der Waals surface area contributed by atoms with Crippen molar-refractivity contribution in [2.45, 2.75) is 19.4 Å². The lowest BCUT2D eigenvalue weighted by molar-refractivity contribution is 0.115. The monoisotopic (exact) mass is 243 g/mol. The molecule has 4 nitrogen and oxygen atoms in total. The van der Waals surface area contributed by atoms with Gasteiger partial charge in [-0.1, -0.05) is 17.7 Å². The molecule has 16 heavy (non-hydrogen) atoms. The number of carbonyl (C=O) groups excluding carboxylic acids is 1. The predicted octanol–water partition coefficient (Wildman–Crippen LogP) is 2.29. The number of amides is 1. The highest BCUT2D eigenvalue weighted by atomic mass is 35.5. The molecule has 1 heterocycles. The number of ether oxygens (including phenoxy) is 1. The fourth-order valence-corrected chi connectivity index (χ4v) is 1.71. The standard InChI is InChI=1S/C11H13NO3.ClH/c1-7-2-3-10(13)8(6-7)9-4-5-15-11(14)12-9;/h2-3,6,9,13H,4-5H2,1H3,(H,12,14);1H/t9-;/m1./s1. The Morgan fingerprint density at radius 3 is 2.94 bits per heavy atom. The van der Waals surface area contributed by atoms with Crippen molar-refractivity contribution in [3.63, 3.8) is 0 Å². The SMILES string of the molecule is Cc1ccc(O)c([C@H]2CCOC(=O)N2)c1.Cl. The summed E-state index contributed by atoms with van der Waals surface area (Å²) in [6.45, 7) is 2.34. The van der Waals surface area contributed by atoms with Crippen molar-refractivity contribution in [2.75, 3.05) is 6.61 Å². The quantitative estimate of drug-likeness (QED) is 0.796. The molecule has 1 aliphatic heterocycles. The summed E-state index contributed by atoms with van der Waals surface area (Å²) in [6, 6.07) is 5.21. The molecule has 0 unspecified atom stereocenters.